The zero-order valence-electron chi connectivity index (χ0n) is 22.5. The first-order chi connectivity index (χ1) is 17.8. The monoisotopic (exact) mass is 655 g/mol. The third-order valence-corrected chi connectivity index (χ3v) is 7.06. The van der Waals surface area contributed by atoms with Crippen LogP contribution in [0.1, 0.15) is 57.7 Å². The van der Waals surface area contributed by atoms with Crippen LogP contribution in [-0.2, 0) is 6.54 Å². The Morgan fingerprint density at radius 2 is 1.76 bits per heavy atom. The normalized spacial score (nSPS) is 12.4. The second-order valence-corrected chi connectivity index (χ2v) is 9.16. The number of halogens is 2. The molecule has 5 rings (SSSR count). The van der Waals surface area contributed by atoms with Gasteiger partial charge < -0.3 is 9.42 Å². The van der Waals surface area contributed by atoms with Gasteiger partial charge in [-0.1, -0.05) is 50.5 Å². The Morgan fingerprint density at radius 3 is 2.32 bits per heavy atom. The zero-order valence-corrected chi connectivity index (χ0v) is 26.3. The lowest BCUT2D eigenvalue weighted by Crippen LogP contribution is -2.41. The lowest BCUT2D eigenvalue weighted by atomic mass is 10.0. The summed E-state index contributed by atoms with van der Waals surface area (Å²) in [5.74, 6) is 0.736. The van der Waals surface area contributed by atoms with Crippen molar-refractivity contribution in [1.82, 2.24) is 19.3 Å². The molecular formula is C27H35ClIN5O2S. The van der Waals surface area contributed by atoms with Crippen LogP contribution < -0.4 is 10.6 Å². The molecule has 3 aromatic heterocycles. The van der Waals surface area contributed by atoms with Crippen molar-refractivity contribution in [3.8, 4) is 16.8 Å². The van der Waals surface area contributed by atoms with Gasteiger partial charge in [0.25, 0.3) is 0 Å². The molecule has 0 aliphatic carbocycles. The fourth-order valence-electron chi connectivity index (χ4n) is 5.17. The van der Waals surface area contributed by atoms with E-state index >= 15 is 0 Å². The Bertz CT molecular complexity index is 1420. The summed E-state index contributed by atoms with van der Waals surface area (Å²) in [6, 6.07) is 8.24. The van der Waals surface area contributed by atoms with E-state index in [-0.39, 0.29) is 5.69 Å². The summed E-state index contributed by atoms with van der Waals surface area (Å²) < 4.78 is 8.81. The molecular weight excluding hydrogens is 621 g/mol. The first-order valence-corrected chi connectivity index (χ1v) is 16.3. The molecule has 0 spiro atoms. The van der Waals surface area contributed by atoms with Crippen molar-refractivity contribution in [1.29, 1.82) is 0 Å². The summed E-state index contributed by atoms with van der Waals surface area (Å²) in [5, 5.41) is 4.52. The second kappa shape index (κ2) is 12.7. The number of thiol groups is 1. The number of anilines is 1. The predicted octanol–water partition coefficient (Wildman–Crippen LogP) is 7.72. The number of nitrogens with zero attached hydrogens (tertiary/aromatic N) is 5. The largest absolute Gasteiger partial charge is 0.365 e. The summed E-state index contributed by atoms with van der Waals surface area (Å²) in [6.07, 6.45) is 2.11. The Hall–Kier alpha value is -1.98. The molecule has 0 bridgehead atoms. The van der Waals surface area contributed by atoms with Gasteiger partial charge in [0.1, 0.15) is 11.3 Å². The van der Waals surface area contributed by atoms with Crippen LogP contribution in [0.4, 0.5) is 5.69 Å². The second-order valence-electron chi connectivity index (χ2n) is 8.75. The van der Waals surface area contributed by atoms with Crippen LogP contribution >= 0.6 is 42.6 Å². The van der Waals surface area contributed by atoms with E-state index in [4.69, 9.17) is 21.1 Å². The molecule has 1 aromatic carbocycles. The Kier molecular flexibility index (Phi) is 10.2. The molecule has 0 saturated heterocycles. The van der Waals surface area contributed by atoms with Crippen LogP contribution in [0.25, 0.3) is 28.0 Å². The quantitative estimate of drug-likeness (QED) is 0.176. The van der Waals surface area contributed by atoms with Crippen LogP contribution in [-0.4, -0.2) is 31.9 Å². The predicted molar refractivity (Wildman–Crippen MR) is 166 cm³/mol. The molecule has 7 nitrogen and oxygen atoms in total. The Balaban J connectivity index is 0.000000907. The van der Waals surface area contributed by atoms with Gasteiger partial charge in [0.15, 0.2) is 5.65 Å². The number of aryl methyl sites for hydroxylation is 3. The fraction of sp³-hybridized carbons (Fsp3) is 0.444. The smallest absolute Gasteiger partial charge is 0.335 e. The van der Waals surface area contributed by atoms with Crippen molar-refractivity contribution in [3.63, 3.8) is 0 Å². The summed E-state index contributed by atoms with van der Waals surface area (Å²) in [5.41, 5.74) is 6.65. The SMILES string of the molecule is CC.CCC(CC)N1CCn2c(=O)n(-c3ccc(-c4c(C)noc4C)cc3Cl)c3nc(C)cc1c32.SI. The highest BCUT2D eigenvalue weighted by atomic mass is 127. The molecule has 4 heterocycles. The molecule has 0 radical (unpaired) electrons. The fourth-order valence-corrected chi connectivity index (χ4v) is 5.44. The van der Waals surface area contributed by atoms with Gasteiger partial charge in [-0.05, 0) is 78.6 Å². The van der Waals surface area contributed by atoms with Crippen LogP contribution in [0.5, 0.6) is 0 Å². The minimum Gasteiger partial charge on any atom is -0.365 e. The molecule has 0 amide bonds. The number of benzene rings is 1. The van der Waals surface area contributed by atoms with Gasteiger partial charge in [-0.25, -0.2) is 14.3 Å². The number of rotatable bonds is 5. The topological polar surface area (TPSA) is 69.1 Å². The van der Waals surface area contributed by atoms with E-state index in [0.717, 1.165) is 58.9 Å². The summed E-state index contributed by atoms with van der Waals surface area (Å²) in [4.78, 5) is 20.8. The van der Waals surface area contributed by atoms with Gasteiger partial charge >= 0.3 is 5.69 Å². The average molecular weight is 656 g/mol. The van der Waals surface area contributed by atoms with Crippen LogP contribution in [0, 0.1) is 20.8 Å². The van der Waals surface area contributed by atoms with Crippen molar-refractivity contribution in [2.45, 2.75) is 73.9 Å². The maximum absolute atomic E-state index is 13.6. The minimum atomic E-state index is -0.111. The summed E-state index contributed by atoms with van der Waals surface area (Å²) in [7, 11) is 3.50. The number of aromatic nitrogens is 4. The number of pyridine rings is 1. The summed E-state index contributed by atoms with van der Waals surface area (Å²) >= 11 is 8.62. The van der Waals surface area contributed by atoms with Crippen LogP contribution in [0.15, 0.2) is 33.6 Å². The molecule has 0 atom stereocenters. The van der Waals surface area contributed by atoms with E-state index < -0.39 is 0 Å². The zero-order chi connectivity index (χ0) is 27.4. The third-order valence-electron chi connectivity index (χ3n) is 6.75. The van der Waals surface area contributed by atoms with E-state index in [9.17, 15) is 4.79 Å². The molecule has 4 aromatic rings. The minimum absolute atomic E-state index is 0.111. The molecule has 0 unspecified atom stereocenters. The Labute approximate surface area is 241 Å². The highest BCUT2D eigenvalue weighted by molar-refractivity contribution is 14.2. The van der Waals surface area contributed by atoms with E-state index in [1.165, 1.54) is 0 Å². The number of hydrogen-bond donors (Lipinski definition) is 1. The van der Waals surface area contributed by atoms with Gasteiger partial charge in [0.05, 0.1) is 22.1 Å². The highest BCUT2D eigenvalue weighted by Crippen LogP contribution is 2.36. The van der Waals surface area contributed by atoms with E-state index in [1.54, 1.807) is 4.57 Å². The van der Waals surface area contributed by atoms with Crippen LogP contribution in [0.3, 0.4) is 0 Å². The van der Waals surface area contributed by atoms with Crippen molar-refractivity contribution in [3.05, 3.63) is 56.9 Å². The molecule has 0 N–H and O–H groups in total. The average Bonchev–Trinajstić information content (AvgIpc) is 3.39. The molecule has 10 heteroatoms. The molecule has 37 heavy (non-hydrogen) atoms. The first-order valence-electron chi connectivity index (χ1n) is 12.6. The molecule has 1 aliphatic rings. The van der Waals surface area contributed by atoms with Crippen LogP contribution in [0.2, 0.25) is 5.02 Å². The van der Waals surface area contributed by atoms with Gasteiger partial charge in [0.2, 0.25) is 0 Å². The number of hydrogen-bond acceptors (Lipinski definition) is 6. The first kappa shape index (κ1) is 29.6. The van der Waals surface area contributed by atoms with E-state index in [2.05, 4.69) is 39.8 Å². The maximum Gasteiger partial charge on any atom is 0.335 e. The number of imidazole rings is 1. The van der Waals surface area contributed by atoms with Gasteiger partial charge in [-0.15, -0.1) is 9.80 Å². The van der Waals surface area contributed by atoms with E-state index in [1.807, 2.05) is 78.6 Å². The summed E-state index contributed by atoms with van der Waals surface area (Å²) in [6.45, 7) is 15.6. The lowest BCUT2D eigenvalue weighted by Gasteiger charge is -2.36. The van der Waals surface area contributed by atoms with E-state index in [0.29, 0.717) is 28.9 Å². The maximum atomic E-state index is 13.6. The van der Waals surface area contributed by atoms with Gasteiger partial charge in [-0.2, -0.15) is 0 Å². The molecule has 1 aliphatic heterocycles. The third kappa shape index (κ3) is 5.31. The van der Waals surface area contributed by atoms with Crippen molar-refractivity contribution >= 4 is 59.5 Å². The van der Waals surface area contributed by atoms with Crippen molar-refractivity contribution < 1.29 is 4.52 Å². The van der Waals surface area contributed by atoms with Gasteiger partial charge in [-0.3, -0.25) is 4.57 Å². The highest BCUT2D eigenvalue weighted by Gasteiger charge is 2.29. The molecule has 0 saturated carbocycles. The van der Waals surface area contributed by atoms with Gasteiger partial charge in [0, 0.05) is 30.4 Å². The lowest BCUT2D eigenvalue weighted by molar-refractivity contribution is 0.393. The van der Waals surface area contributed by atoms with Crippen molar-refractivity contribution in [2.75, 3.05) is 11.4 Å². The Morgan fingerprint density at radius 1 is 1.08 bits per heavy atom. The standard InChI is InChI=1S/C25H28ClN5O2.C2H6.HIS/c1-6-18(7-2)29-10-11-30-23-21(29)12-14(3)27-24(23)31(25(30)32)20-9-8-17(13-19(20)26)22-15(4)28-33-16(22)5;2*1-2/h8-9,12-13,18H,6-7,10-11H2,1-5H3;1-2H3;2H. The van der Waals surface area contributed by atoms with Crippen molar-refractivity contribution in [2.24, 2.45) is 0 Å². The molecule has 0 fully saturated rings. The molecule has 200 valence electrons.